The molecule has 9 heteroatoms. The topological polar surface area (TPSA) is 129 Å². The van der Waals surface area contributed by atoms with Crippen LogP contribution in [0.5, 0.6) is 0 Å². The zero-order valence-corrected chi connectivity index (χ0v) is 25.1. The number of allylic oxidation sites excluding steroid dienone is 4. The van der Waals surface area contributed by atoms with E-state index >= 15 is 0 Å². The molecule has 4 heterocycles. The van der Waals surface area contributed by atoms with E-state index in [9.17, 15) is 19.2 Å². The second-order valence-corrected chi connectivity index (χ2v) is 12.7. The lowest BCUT2D eigenvalue weighted by molar-refractivity contribution is -0.137. The number of nitrogens with two attached hydrogens (primary N) is 1. The molecule has 0 aromatic carbocycles. The van der Waals surface area contributed by atoms with Crippen molar-refractivity contribution in [3.63, 3.8) is 0 Å². The Bertz CT molecular complexity index is 1630. The molecule has 2 fully saturated rings. The van der Waals surface area contributed by atoms with Crippen molar-refractivity contribution in [2.75, 3.05) is 12.3 Å². The van der Waals surface area contributed by atoms with Gasteiger partial charge in [-0.1, -0.05) is 26.7 Å². The van der Waals surface area contributed by atoms with Crippen LogP contribution in [0.15, 0.2) is 76.4 Å². The molecule has 5 unspecified atom stereocenters. The minimum atomic E-state index is -0.824. The van der Waals surface area contributed by atoms with Crippen LogP contribution in [-0.2, 0) is 28.7 Å². The van der Waals surface area contributed by atoms with Crippen LogP contribution >= 0.6 is 0 Å². The molecule has 1 spiro atoms. The van der Waals surface area contributed by atoms with Crippen molar-refractivity contribution in [2.45, 2.75) is 71.1 Å². The minimum absolute atomic E-state index is 0.0550. The Balaban J connectivity index is 1.46. The number of carbonyl (C=O) groups excluding carboxylic acids is 4. The van der Waals surface area contributed by atoms with E-state index in [-0.39, 0.29) is 42.1 Å². The number of hydrogen-bond acceptors (Lipinski definition) is 8. The Hall–Kier alpha value is -4.27. The summed E-state index contributed by atoms with van der Waals surface area (Å²) in [5.41, 5.74) is 9.26. The summed E-state index contributed by atoms with van der Waals surface area (Å²) in [5.74, 6) is -0.614. The Labute approximate surface area is 256 Å². The molecule has 3 aliphatic heterocycles. The van der Waals surface area contributed by atoms with Gasteiger partial charge in [-0.25, -0.2) is 14.6 Å². The second-order valence-electron chi connectivity index (χ2n) is 12.7. The van der Waals surface area contributed by atoms with Crippen LogP contribution in [0.4, 0.5) is 5.82 Å². The summed E-state index contributed by atoms with van der Waals surface area (Å²) in [6, 6.07) is 3.60. The van der Waals surface area contributed by atoms with Crippen LogP contribution in [0.25, 0.3) is 0 Å². The summed E-state index contributed by atoms with van der Waals surface area (Å²) < 4.78 is 12.1. The van der Waals surface area contributed by atoms with Gasteiger partial charge in [0.05, 0.1) is 11.0 Å². The van der Waals surface area contributed by atoms with Crippen molar-refractivity contribution in [1.82, 2.24) is 9.88 Å². The fourth-order valence-corrected chi connectivity index (χ4v) is 8.82. The molecule has 1 saturated heterocycles. The average Bonchev–Trinajstić information content (AvgIpc) is 3.63. The molecule has 8 rings (SSSR count). The van der Waals surface area contributed by atoms with Gasteiger partial charge in [0, 0.05) is 47.9 Å². The predicted octanol–water partition coefficient (Wildman–Crippen LogP) is 5.18. The number of anilines is 1. The first-order valence-corrected chi connectivity index (χ1v) is 15.9. The number of pyridine rings is 1. The first-order chi connectivity index (χ1) is 21.3. The maximum Gasteiger partial charge on any atom is 0.340 e. The Morgan fingerprint density at radius 2 is 1.80 bits per heavy atom. The molecule has 9 nitrogen and oxygen atoms in total. The lowest BCUT2D eigenvalue weighted by Gasteiger charge is -2.57. The number of imide groups is 1. The van der Waals surface area contributed by atoms with E-state index < -0.39 is 17.3 Å². The van der Waals surface area contributed by atoms with E-state index in [0.29, 0.717) is 34.9 Å². The van der Waals surface area contributed by atoms with Crippen LogP contribution in [-0.4, -0.2) is 40.2 Å². The average molecular weight is 596 g/mol. The number of unbranched alkanes of at least 4 members (excludes halogenated alkanes) is 2. The standard InChI is InChI=1S/C35H37N3O6/c1-3-5-7-24-22-10-9-21-20-13-15-35(31(21)30(22)33(41)43-24)25(8-6-4-2)44-34(42)32(35)29(20)23(19-14-16-37-26(36)17-19)18-38-27(39)11-12-28(38)40/h7-8,11-12,14,16-17,20-21,23,31H,3-6,9-10,13,15,18H2,1-2H3,(H2,36,37). The molecule has 4 aliphatic carbocycles. The van der Waals surface area contributed by atoms with E-state index in [1.807, 2.05) is 18.2 Å². The lowest BCUT2D eigenvalue weighted by Crippen LogP contribution is -2.53. The normalized spacial score (nSPS) is 31.2. The largest absolute Gasteiger partial charge is 0.427 e. The van der Waals surface area contributed by atoms with Crippen LogP contribution in [0.3, 0.4) is 0 Å². The number of nitrogens with zero attached hydrogens (tertiary/aromatic N) is 2. The smallest absolute Gasteiger partial charge is 0.340 e. The van der Waals surface area contributed by atoms with Crippen LogP contribution in [0.1, 0.15) is 76.7 Å². The highest BCUT2D eigenvalue weighted by Gasteiger charge is 2.68. The van der Waals surface area contributed by atoms with E-state index in [2.05, 4.69) is 18.8 Å². The highest BCUT2D eigenvalue weighted by atomic mass is 16.5. The highest BCUT2D eigenvalue weighted by molar-refractivity contribution is 6.13. The van der Waals surface area contributed by atoms with Gasteiger partial charge in [-0.15, -0.1) is 0 Å². The molecular formula is C35H37N3O6. The number of aromatic nitrogens is 1. The minimum Gasteiger partial charge on any atom is -0.427 e. The molecule has 1 saturated carbocycles. The number of amides is 2. The van der Waals surface area contributed by atoms with Crippen LogP contribution in [0, 0.1) is 23.2 Å². The molecule has 1 aromatic rings. The Kier molecular flexibility index (Phi) is 6.94. The number of fused-ring (bicyclic) bond motifs is 1. The summed E-state index contributed by atoms with van der Waals surface area (Å²) in [6.45, 7) is 4.24. The second kappa shape index (κ2) is 10.7. The molecule has 5 atom stereocenters. The third-order valence-corrected chi connectivity index (χ3v) is 10.5. The fourth-order valence-electron chi connectivity index (χ4n) is 8.82. The quantitative estimate of drug-likeness (QED) is 0.321. The molecule has 228 valence electrons. The first kappa shape index (κ1) is 28.5. The summed E-state index contributed by atoms with van der Waals surface area (Å²) in [5, 5.41) is 0. The van der Waals surface area contributed by atoms with Gasteiger partial charge in [0.15, 0.2) is 0 Å². The van der Waals surface area contributed by atoms with Gasteiger partial charge in [0.25, 0.3) is 11.8 Å². The van der Waals surface area contributed by atoms with Crippen molar-refractivity contribution in [2.24, 2.45) is 23.2 Å². The third-order valence-electron chi connectivity index (χ3n) is 10.5. The molecule has 2 amide bonds. The SMILES string of the molecule is CCCC=C1OC(=O)C2=C1CCC1C3CCC4(C(=CCCC)OC(=O)C4=C3C(CN3C(=O)C=CC3=O)c3ccnc(N)c3)C21. The third kappa shape index (κ3) is 4.08. The van der Waals surface area contributed by atoms with E-state index in [1.54, 1.807) is 12.3 Å². The number of nitrogen functional groups attached to an aromatic ring is 1. The van der Waals surface area contributed by atoms with Gasteiger partial charge in [0.1, 0.15) is 17.3 Å². The van der Waals surface area contributed by atoms with Gasteiger partial charge < -0.3 is 15.2 Å². The number of esters is 2. The first-order valence-electron chi connectivity index (χ1n) is 15.9. The fraction of sp³-hybridized carbons (Fsp3) is 0.457. The number of rotatable bonds is 8. The molecule has 7 aliphatic rings. The molecule has 0 radical (unpaired) electrons. The van der Waals surface area contributed by atoms with Crippen molar-refractivity contribution >= 4 is 29.6 Å². The summed E-state index contributed by atoms with van der Waals surface area (Å²) in [7, 11) is 0. The van der Waals surface area contributed by atoms with Gasteiger partial charge in [-0.2, -0.15) is 0 Å². The van der Waals surface area contributed by atoms with Crippen molar-refractivity contribution < 1.29 is 28.7 Å². The zero-order valence-electron chi connectivity index (χ0n) is 25.1. The lowest BCUT2D eigenvalue weighted by atomic mass is 9.43. The summed E-state index contributed by atoms with van der Waals surface area (Å²) in [6.07, 6.45) is 14.6. The monoisotopic (exact) mass is 595 g/mol. The molecule has 2 bridgehead atoms. The Morgan fingerprint density at radius 1 is 1.05 bits per heavy atom. The number of ether oxygens (including phenoxy) is 2. The van der Waals surface area contributed by atoms with Gasteiger partial charge >= 0.3 is 11.9 Å². The maximum absolute atomic E-state index is 14.1. The van der Waals surface area contributed by atoms with Gasteiger partial charge in [-0.05, 0) is 85.8 Å². The van der Waals surface area contributed by atoms with Crippen molar-refractivity contribution in [3.8, 4) is 0 Å². The molecule has 1 aromatic heterocycles. The summed E-state index contributed by atoms with van der Waals surface area (Å²) >= 11 is 0. The van der Waals surface area contributed by atoms with Crippen LogP contribution < -0.4 is 5.73 Å². The van der Waals surface area contributed by atoms with Crippen molar-refractivity contribution in [3.05, 3.63) is 82.0 Å². The van der Waals surface area contributed by atoms with E-state index in [1.165, 1.54) is 17.1 Å². The molecular weight excluding hydrogens is 558 g/mol. The summed E-state index contributed by atoms with van der Waals surface area (Å²) in [4.78, 5) is 58.9. The number of carbonyl (C=O) groups is 4. The number of cyclic esters (lactones) is 2. The highest BCUT2D eigenvalue weighted by Crippen LogP contribution is 2.71. The van der Waals surface area contributed by atoms with Gasteiger partial charge in [0.2, 0.25) is 0 Å². The maximum atomic E-state index is 14.1. The van der Waals surface area contributed by atoms with Gasteiger partial charge in [-0.3, -0.25) is 14.5 Å². The zero-order chi connectivity index (χ0) is 30.7. The van der Waals surface area contributed by atoms with Crippen LogP contribution in [0.2, 0.25) is 0 Å². The number of hydrogen-bond donors (Lipinski definition) is 1. The van der Waals surface area contributed by atoms with E-state index in [4.69, 9.17) is 15.2 Å². The van der Waals surface area contributed by atoms with E-state index in [0.717, 1.165) is 61.7 Å². The molecule has 44 heavy (non-hydrogen) atoms. The Morgan fingerprint density at radius 3 is 2.52 bits per heavy atom. The van der Waals surface area contributed by atoms with Crippen molar-refractivity contribution in [1.29, 1.82) is 0 Å². The molecule has 2 N–H and O–H groups in total. The predicted molar refractivity (Wildman–Crippen MR) is 161 cm³/mol.